The zero-order chi connectivity index (χ0) is 12.1. The van der Waals surface area contributed by atoms with Gasteiger partial charge < -0.3 is 15.2 Å². The van der Waals surface area contributed by atoms with Crippen LogP contribution in [0.3, 0.4) is 0 Å². The molecule has 0 aromatic heterocycles. The van der Waals surface area contributed by atoms with E-state index in [2.05, 4.69) is 10.1 Å². The lowest BCUT2D eigenvalue weighted by molar-refractivity contribution is -0.152. The molecule has 16 heavy (non-hydrogen) atoms. The number of nitrogens with one attached hydrogen (secondary N) is 1. The Hall–Kier alpha value is -2.04. The lowest BCUT2D eigenvalue weighted by atomic mass is 10.2. The molecule has 0 aliphatic carbocycles. The van der Waals surface area contributed by atoms with Gasteiger partial charge in [0.2, 0.25) is 0 Å². The summed E-state index contributed by atoms with van der Waals surface area (Å²) in [5, 5.41) is 11.6. The standard InChI is InChI=1S/C11H13NO4/c1-3-16-11(15)10(14)12-9-5-4-8(13)6-7(9)2/h4-6,13H,3H2,1-2H3,(H,12,14). The van der Waals surface area contributed by atoms with Crippen molar-refractivity contribution in [3.8, 4) is 5.75 Å². The first-order chi connectivity index (χ1) is 7.54. The molecule has 1 aromatic rings. The highest BCUT2D eigenvalue weighted by Crippen LogP contribution is 2.19. The average Bonchev–Trinajstić information content (AvgIpc) is 2.22. The van der Waals surface area contributed by atoms with Crippen molar-refractivity contribution >= 4 is 17.6 Å². The van der Waals surface area contributed by atoms with Gasteiger partial charge in [-0.2, -0.15) is 0 Å². The molecular formula is C11H13NO4. The lowest BCUT2D eigenvalue weighted by Gasteiger charge is -2.07. The van der Waals surface area contributed by atoms with Crippen molar-refractivity contribution in [2.75, 3.05) is 11.9 Å². The number of carbonyl (C=O) groups excluding carboxylic acids is 2. The van der Waals surface area contributed by atoms with Gasteiger partial charge in [-0.15, -0.1) is 0 Å². The van der Waals surface area contributed by atoms with Crippen LogP contribution in [0.1, 0.15) is 12.5 Å². The van der Waals surface area contributed by atoms with E-state index in [0.29, 0.717) is 11.3 Å². The molecule has 1 aromatic carbocycles. The van der Waals surface area contributed by atoms with Gasteiger partial charge in [-0.25, -0.2) is 4.79 Å². The highest BCUT2D eigenvalue weighted by molar-refractivity contribution is 6.37. The molecule has 0 atom stereocenters. The van der Waals surface area contributed by atoms with Crippen molar-refractivity contribution in [2.24, 2.45) is 0 Å². The van der Waals surface area contributed by atoms with Gasteiger partial charge in [0.25, 0.3) is 0 Å². The van der Waals surface area contributed by atoms with Gasteiger partial charge in [0.1, 0.15) is 5.75 Å². The van der Waals surface area contributed by atoms with Gasteiger partial charge in [-0.3, -0.25) is 4.79 Å². The molecule has 0 spiro atoms. The van der Waals surface area contributed by atoms with Crippen LogP contribution >= 0.6 is 0 Å². The number of anilines is 1. The van der Waals surface area contributed by atoms with Crippen LogP contribution in [0.5, 0.6) is 5.75 Å². The summed E-state index contributed by atoms with van der Waals surface area (Å²) in [4.78, 5) is 22.3. The molecule has 0 aliphatic heterocycles. The number of benzene rings is 1. The number of rotatable bonds is 2. The molecule has 0 bridgehead atoms. The zero-order valence-corrected chi connectivity index (χ0v) is 9.11. The zero-order valence-electron chi connectivity index (χ0n) is 9.11. The summed E-state index contributed by atoms with van der Waals surface area (Å²) in [6.07, 6.45) is 0. The third kappa shape index (κ3) is 2.98. The molecule has 5 nitrogen and oxygen atoms in total. The summed E-state index contributed by atoms with van der Waals surface area (Å²) in [6.45, 7) is 3.48. The molecule has 1 amide bonds. The summed E-state index contributed by atoms with van der Waals surface area (Å²) in [7, 11) is 0. The van der Waals surface area contributed by atoms with Gasteiger partial charge in [0.05, 0.1) is 6.61 Å². The summed E-state index contributed by atoms with van der Waals surface area (Å²) in [5.74, 6) is -1.64. The van der Waals surface area contributed by atoms with Crippen molar-refractivity contribution in [2.45, 2.75) is 13.8 Å². The number of aromatic hydroxyl groups is 1. The van der Waals surface area contributed by atoms with Crippen LogP contribution in [0.15, 0.2) is 18.2 Å². The molecule has 86 valence electrons. The maximum atomic E-state index is 11.3. The number of aryl methyl sites for hydroxylation is 1. The normalized spacial score (nSPS) is 9.62. The minimum absolute atomic E-state index is 0.103. The molecule has 1 rings (SSSR count). The van der Waals surface area contributed by atoms with Crippen LogP contribution < -0.4 is 5.32 Å². The van der Waals surface area contributed by atoms with E-state index in [-0.39, 0.29) is 12.4 Å². The van der Waals surface area contributed by atoms with Crippen molar-refractivity contribution in [3.05, 3.63) is 23.8 Å². The molecule has 0 saturated heterocycles. The predicted octanol–water partition coefficient (Wildman–Crippen LogP) is 1.20. The molecule has 0 heterocycles. The molecular weight excluding hydrogens is 210 g/mol. The first-order valence-corrected chi connectivity index (χ1v) is 4.82. The number of carbonyl (C=O) groups is 2. The Morgan fingerprint density at radius 2 is 2.12 bits per heavy atom. The lowest BCUT2D eigenvalue weighted by Crippen LogP contribution is -2.25. The number of hydrogen-bond acceptors (Lipinski definition) is 4. The Morgan fingerprint density at radius 1 is 1.44 bits per heavy atom. The summed E-state index contributed by atoms with van der Waals surface area (Å²) < 4.78 is 4.54. The Balaban J connectivity index is 2.73. The van der Waals surface area contributed by atoms with E-state index >= 15 is 0 Å². The van der Waals surface area contributed by atoms with Gasteiger partial charge in [-0.1, -0.05) is 0 Å². The predicted molar refractivity (Wildman–Crippen MR) is 58.1 cm³/mol. The van der Waals surface area contributed by atoms with Gasteiger partial charge in [0.15, 0.2) is 0 Å². The van der Waals surface area contributed by atoms with Crippen LogP contribution in [0.25, 0.3) is 0 Å². The number of phenolic OH excluding ortho intramolecular Hbond substituents is 1. The Kier molecular flexibility index (Phi) is 3.88. The summed E-state index contributed by atoms with van der Waals surface area (Å²) in [6, 6.07) is 4.43. The van der Waals surface area contributed by atoms with E-state index in [1.807, 2.05) is 0 Å². The fraction of sp³-hybridized carbons (Fsp3) is 0.273. The van der Waals surface area contributed by atoms with Gasteiger partial charge in [-0.05, 0) is 37.6 Å². The maximum Gasteiger partial charge on any atom is 0.397 e. The van der Waals surface area contributed by atoms with Crippen molar-refractivity contribution < 1.29 is 19.4 Å². The van der Waals surface area contributed by atoms with Crippen LogP contribution in [0.2, 0.25) is 0 Å². The minimum atomic E-state index is -0.921. The second kappa shape index (κ2) is 5.16. The molecule has 5 heteroatoms. The Morgan fingerprint density at radius 3 is 2.69 bits per heavy atom. The van der Waals surface area contributed by atoms with Gasteiger partial charge in [0, 0.05) is 5.69 Å². The average molecular weight is 223 g/mol. The molecule has 0 aliphatic rings. The van der Waals surface area contributed by atoms with Crippen LogP contribution in [-0.4, -0.2) is 23.6 Å². The van der Waals surface area contributed by atoms with E-state index < -0.39 is 11.9 Å². The van der Waals surface area contributed by atoms with E-state index in [4.69, 9.17) is 5.11 Å². The molecule has 0 fully saturated rings. The largest absolute Gasteiger partial charge is 0.508 e. The third-order valence-corrected chi connectivity index (χ3v) is 1.92. The summed E-state index contributed by atoms with van der Waals surface area (Å²) in [5.41, 5.74) is 1.13. The van der Waals surface area contributed by atoms with Crippen molar-refractivity contribution in [1.82, 2.24) is 0 Å². The summed E-state index contributed by atoms with van der Waals surface area (Å²) >= 11 is 0. The van der Waals surface area contributed by atoms with Crippen LogP contribution in [0, 0.1) is 6.92 Å². The van der Waals surface area contributed by atoms with Crippen molar-refractivity contribution in [1.29, 1.82) is 0 Å². The van der Waals surface area contributed by atoms with E-state index in [9.17, 15) is 9.59 Å². The van der Waals surface area contributed by atoms with E-state index in [0.717, 1.165) is 0 Å². The topological polar surface area (TPSA) is 75.6 Å². The highest BCUT2D eigenvalue weighted by atomic mass is 16.5. The first kappa shape index (κ1) is 12.0. The highest BCUT2D eigenvalue weighted by Gasteiger charge is 2.15. The number of amides is 1. The third-order valence-electron chi connectivity index (χ3n) is 1.92. The van der Waals surface area contributed by atoms with Crippen LogP contribution in [0.4, 0.5) is 5.69 Å². The number of hydrogen-bond donors (Lipinski definition) is 2. The minimum Gasteiger partial charge on any atom is -0.508 e. The SMILES string of the molecule is CCOC(=O)C(=O)Nc1ccc(O)cc1C. The Labute approximate surface area is 93.0 Å². The van der Waals surface area contributed by atoms with Gasteiger partial charge >= 0.3 is 11.9 Å². The smallest absolute Gasteiger partial charge is 0.397 e. The second-order valence-electron chi connectivity index (χ2n) is 3.17. The molecule has 0 unspecified atom stereocenters. The fourth-order valence-electron chi connectivity index (χ4n) is 1.16. The Bertz CT molecular complexity index is 414. The first-order valence-electron chi connectivity index (χ1n) is 4.82. The van der Waals surface area contributed by atoms with Crippen molar-refractivity contribution in [3.63, 3.8) is 0 Å². The molecule has 0 saturated carbocycles. The fourth-order valence-corrected chi connectivity index (χ4v) is 1.16. The quantitative estimate of drug-likeness (QED) is 0.449. The monoisotopic (exact) mass is 223 g/mol. The van der Waals surface area contributed by atoms with E-state index in [1.54, 1.807) is 13.8 Å². The number of esters is 1. The molecule has 0 radical (unpaired) electrons. The number of ether oxygens (including phenoxy) is 1. The van der Waals surface area contributed by atoms with E-state index in [1.165, 1.54) is 18.2 Å². The second-order valence-corrected chi connectivity index (χ2v) is 3.17. The maximum absolute atomic E-state index is 11.3. The number of phenols is 1. The molecule has 2 N–H and O–H groups in total. The van der Waals surface area contributed by atoms with Crippen LogP contribution in [-0.2, 0) is 14.3 Å².